The minimum absolute atomic E-state index is 0.547. The number of benzene rings is 10. The van der Waals surface area contributed by atoms with Gasteiger partial charge in [0.1, 0.15) is 0 Å². The average molecular weight is 792 g/mol. The fraction of sp³-hybridized carbons (Fsp3) is 0. The molecule has 0 spiro atoms. The number of nitrogens with zero attached hydrogens (tertiary/aromatic N) is 4. The number of hydrogen-bond donors (Lipinski definition) is 1. The van der Waals surface area contributed by atoms with Crippen molar-refractivity contribution >= 4 is 59.8 Å². The van der Waals surface area contributed by atoms with E-state index >= 15 is 0 Å². The molecule has 0 amide bonds. The Kier molecular flexibility index (Phi) is 8.25. The zero-order valence-electron chi connectivity index (χ0n) is 33.6. The molecular weight excluding hydrogens is 755 g/mol. The number of nitrogens with two attached hydrogens (primary N) is 1. The van der Waals surface area contributed by atoms with E-state index in [2.05, 4.69) is 162 Å². The van der Waals surface area contributed by atoms with Crippen LogP contribution in [0.4, 0.5) is 5.69 Å². The first-order valence-electron chi connectivity index (χ1n) is 20.9. The first kappa shape index (κ1) is 35.5. The molecule has 290 valence electrons. The maximum atomic E-state index is 6.75. The molecule has 5 heteroatoms. The zero-order chi connectivity index (χ0) is 41.1. The van der Waals surface area contributed by atoms with Crippen LogP contribution in [0.3, 0.4) is 0 Å². The van der Waals surface area contributed by atoms with Crippen molar-refractivity contribution in [3.05, 3.63) is 212 Å². The highest BCUT2D eigenvalue weighted by Gasteiger charge is 2.23. The molecule has 12 aromatic rings. The van der Waals surface area contributed by atoms with Crippen molar-refractivity contribution in [1.29, 1.82) is 0 Å². The molecule has 2 N–H and O–H groups in total. The SMILES string of the molecule is Nc1ccc(-c2cc3ccccc3c3ccc4c(c5ccccc5n4-c4cccc5ccccc45)c23)c(-c2nc(-c3ccccc3)nc(-c3ccccc3-c3ccccc3)n2)c1. The van der Waals surface area contributed by atoms with Crippen LogP contribution in [0.1, 0.15) is 0 Å². The van der Waals surface area contributed by atoms with Gasteiger partial charge in [0, 0.05) is 43.9 Å². The van der Waals surface area contributed by atoms with Gasteiger partial charge in [0.25, 0.3) is 0 Å². The van der Waals surface area contributed by atoms with Crippen LogP contribution in [0, 0.1) is 0 Å². The van der Waals surface area contributed by atoms with E-state index in [1.165, 1.54) is 32.3 Å². The third-order valence-electron chi connectivity index (χ3n) is 12.2. The molecule has 0 aliphatic heterocycles. The summed E-state index contributed by atoms with van der Waals surface area (Å²) >= 11 is 0. The third kappa shape index (κ3) is 5.75. The van der Waals surface area contributed by atoms with Crippen molar-refractivity contribution in [2.24, 2.45) is 0 Å². The van der Waals surface area contributed by atoms with Crippen molar-refractivity contribution in [2.45, 2.75) is 0 Å². The highest BCUT2D eigenvalue weighted by atomic mass is 15.0. The fourth-order valence-corrected chi connectivity index (χ4v) is 9.40. The summed E-state index contributed by atoms with van der Waals surface area (Å²) in [4.78, 5) is 15.8. The molecule has 0 radical (unpaired) electrons. The van der Waals surface area contributed by atoms with E-state index in [4.69, 9.17) is 20.7 Å². The number of para-hydroxylation sites is 1. The molecule has 2 aromatic heterocycles. The predicted octanol–water partition coefficient (Wildman–Crippen LogP) is 14.3. The van der Waals surface area contributed by atoms with Crippen LogP contribution in [0.25, 0.3) is 116 Å². The number of hydrogen-bond acceptors (Lipinski definition) is 4. The largest absolute Gasteiger partial charge is 0.399 e. The van der Waals surface area contributed by atoms with Crippen molar-refractivity contribution in [3.8, 4) is 62.1 Å². The van der Waals surface area contributed by atoms with E-state index in [1.807, 2.05) is 54.6 Å². The average Bonchev–Trinajstić information content (AvgIpc) is 3.68. The molecule has 2 heterocycles. The number of nitrogen functional groups attached to an aromatic ring is 1. The van der Waals surface area contributed by atoms with Gasteiger partial charge in [0.2, 0.25) is 0 Å². The Morgan fingerprint density at radius 3 is 1.74 bits per heavy atom. The van der Waals surface area contributed by atoms with E-state index in [0.717, 1.165) is 66.4 Å². The van der Waals surface area contributed by atoms with Crippen LogP contribution < -0.4 is 5.73 Å². The van der Waals surface area contributed by atoms with Gasteiger partial charge in [-0.1, -0.05) is 176 Å². The standard InChI is InChI=1S/C57H37N5/c58-40-30-31-44(49(35-40)57-60-55(38-19-5-2-6-20-38)59-56(61-57)46-26-12-11-23-41(46)36-16-3-1-4-17-36)48-34-39-21-8-9-24-42(39)45-32-33-52-54(53(45)48)47-27-13-14-28-51(47)62(52)50-29-15-22-37-18-7-10-25-43(37)50/h1-35H,58H2. The molecule has 0 bridgehead atoms. The highest BCUT2D eigenvalue weighted by Crippen LogP contribution is 2.46. The topological polar surface area (TPSA) is 69.6 Å². The van der Waals surface area contributed by atoms with Gasteiger partial charge in [-0.05, 0) is 80.2 Å². The van der Waals surface area contributed by atoms with Crippen molar-refractivity contribution in [3.63, 3.8) is 0 Å². The minimum Gasteiger partial charge on any atom is -0.399 e. The lowest BCUT2D eigenvalue weighted by Gasteiger charge is -2.17. The van der Waals surface area contributed by atoms with Crippen LogP contribution in [0.2, 0.25) is 0 Å². The Balaban J connectivity index is 1.18. The molecule has 0 atom stereocenters. The number of anilines is 1. The molecule has 0 aliphatic carbocycles. The third-order valence-corrected chi connectivity index (χ3v) is 12.2. The summed E-state index contributed by atoms with van der Waals surface area (Å²) < 4.78 is 2.43. The Morgan fingerprint density at radius 2 is 0.935 bits per heavy atom. The highest BCUT2D eigenvalue weighted by molar-refractivity contribution is 6.30. The van der Waals surface area contributed by atoms with E-state index in [-0.39, 0.29) is 0 Å². The Hall–Kier alpha value is -8.41. The first-order valence-corrected chi connectivity index (χ1v) is 20.9. The second kappa shape index (κ2) is 14.4. The minimum atomic E-state index is 0.547. The summed E-state index contributed by atoms with van der Waals surface area (Å²) in [6.45, 7) is 0. The second-order valence-corrected chi connectivity index (χ2v) is 15.8. The molecule has 0 unspecified atom stereocenters. The lowest BCUT2D eigenvalue weighted by atomic mass is 9.88. The first-order chi connectivity index (χ1) is 30.7. The summed E-state index contributed by atoms with van der Waals surface area (Å²) in [6, 6.07) is 74.6. The molecule has 0 saturated heterocycles. The summed E-state index contributed by atoms with van der Waals surface area (Å²) in [7, 11) is 0. The van der Waals surface area contributed by atoms with E-state index in [1.54, 1.807) is 0 Å². The van der Waals surface area contributed by atoms with E-state index in [9.17, 15) is 0 Å². The van der Waals surface area contributed by atoms with Gasteiger partial charge < -0.3 is 10.3 Å². The maximum Gasteiger partial charge on any atom is 0.164 e. The zero-order valence-corrected chi connectivity index (χ0v) is 33.6. The van der Waals surface area contributed by atoms with E-state index < -0.39 is 0 Å². The van der Waals surface area contributed by atoms with Gasteiger partial charge in [-0.25, -0.2) is 15.0 Å². The van der Waals surface area contributed by atoms with Gasteiger partial charge >= 0.3 is 0 Å². The second-order valence-electron chi connectivity index (χ2n) is 15.8. The number of aromatic nitrogens is 4. The Morgan fingerprint density at radius 1 is 0.323 bits per heavy atom. The monoisotopic (exact) mass is 791 g/mol. The lowest BCUT2D eigenvalue weighted by Crippen LogP contribution is -2.02. The molecular formula is C57H37N5. The van der Waals surface area contributed by atoms with Crippen LogP contribution in [-0.2, 0) is 0 Å². The molecule has 0 saturated carbocycles. The molecule has 5 nitrogen and oxygen atoms in total. The predicted molar refractivity (Wildman–Crippen MR) is 258 cm³/mol. The normalized spacial score (nSPS) is 11.6. The molecule has 10 aromatic carbocycles. The maximum absolute atomic E-state index is 6.75. The molecule has 0 fully saturated rings. The Labute approximate surface area is 358 Å². The van der Waals surface area contributed by atoms with Gasteiger partial charge in [-0.2, -0.15) is 0 Å². The van der Waals surface area contributed by atoms with Crippen LogP contribution >= 0.6 is 0 Å². The van der Waals surface area contributed by atoms with Crippen LogP contribution in [0.15, 0.2) is 212 Å². The lowest BCUT2D eigenvalue weighted by molar-refractivity contribution is 1.07. The Bertz CT molecular complexity index is 3700. The summed E-state index contributed by atoms with van der Waals surface area (Å²) in [5.41, 5.74) is 17.6. The van der Waals surface area contributed by atoms with Gasteiger partial charge in [0.15, 0.2) is 17.5 Å². The molecule has 0 aliphatic rings. The summed E-state index contributed by atoms with van der Waals surface area (Å²) in [5.74, 6) is 1.72. The van der Waals surface area contributed by atoms with Crippen molar-refractivity contribution in [1.82, 2.24) is 19.5 Å². The van der Waals surface area contributed by atoms with Gasteiger partial charge in [-0.15, -0.1) is 0 Å². The van der Waals surface area contributed by atoms with E-state index in [0.29, 0.717) is 23.2 Å². The smallest absolute Gasteiger partial charge is 0.164 e. The van der Waals surface area contributed by atoms with Crippen molar-refractivity contribution < 1.29 is 0 Å². The number of rotatable bonds is 6. The fourth-order valence-electron chi connectivity index (χ4n) is 9.40. The summed E-state index contributed by atoms with van der Waals surface area (Å²) in [5, 5.41) is 9.45. The quantitative estimate of drug-likeness (QED) is 0.134. The van der Waals surface area contributed by atoms with Crippen LogP contribution in [0.5, 0.6) is 0 Å². The molecule has 12 rings (SSSR count). The number of fused-ring (bicyclic) bond motifs is 8. The van der Waals surface area contributed by atoms with Gasteiger partial charge in [-0.3, -0.25) is 0 Å². The van der Waals surface area contributed by atoms with Crippen molar-refractivity contribution in [2.75, 3.05) is 5.73 Å². The van der Waals surface area contributed by atoms with Crippen LogP contribution in [-0.4, -0.2) is 19.5 Å². The van der Waals surface area contributed by atoms with Gasteiger partial charge in [0.05, 0.1) is 16.7 Å². The summed E-state index contributed by atoms with van der Waals surface area (Å²) in [6.07, 6.45) is 0. The molecule has 62 heavy (non-hydrogen) atoms.